The Balaban J connectivity index is 2.58. The lowest BCUT2D eigenvalue weighted by Gasteiger charge is -2.02. The van der Waals surface area contributed by atoms with E-state index < -0.39 is 0 Å². The van der Waals surface area contributed by atoms with Gasteiger partial charge in [-0.15, -0.1) is 0 Å². The molecule has 0 aromatic carbocycles. The molecule has 1 heterocycles. The van der Waals surface area contributed by atoms with E-state index in [0.717, 1.165) is 6.42 Å². The summed E-state index contributed by atoms with van der Waals surface area (Å²) in [5.41, 5.74) is 0.429. The van der Waals surface area contributed by atoms with E-state index in [1.54, 1.807) is 18.3 Å². The average Bonchev–Trinajstić information content (AvgIpc) is 2.15. The summed E-state index contributed by atoms with van der Waals surface area (Å²) in [4.78, 5) is 14.1. The van der Waals surface area contributed by atoms with Crippen LogP contribution in [0.1, 0.15) is 23.8 Å². The van der Waals surface area contributed by atoms with Crippen LogP contribution in [0, 0.1) is 0 Å². The molecule has 0 unspecified atom stereocenters. The van der Waals surface area contributed by atoms with Gasteiger partial charge in [0.05, 0.1) is 12.8 Å². The molecule has 0 aliphatic carbocycles. The second-order valence-electron chi connectivity index (χ2n) is 2.39. The number of aldehydes is 1. The van der Waals surface area contributed by atoms with Gasteiger partial charge in [-0.3, -0.25) is 4.79 Å². The first-order valence-electron chi connectivity index (χ1n) is 3.91. The van der Waals surface area contributed by atoms with E-state index in [-0.39, 0.29) is 0 Å². The van der Waals surface area contributed by atoms with Crippen LogP contribution in [0.2, 0.25) is 0 Å². The van der Waals surface area contributed by atoms with E-state index in [0.29, 0.717) is 24.3 Å². The third-order valence-electron chi connectivity index (χ3n) is 1.35. The molecule has 0 saturated carbocycles. The van der Waals surface area contributed by atoms with Crippen LogP contribution in [0.25, 0.3) is 0 Å². The standard InChI is InChI=1S/C9H11NO2/c1-2-5-12-9-4-3-8(7-11)10-6-9/h3-4,6-7H,2,5H2,1H3. The molecule has 3 nitrogen and oxygen atoms in total. The topological polar surface area (TPSA) is 39.2 Å². The Bertz CT molecular complexity index is 243. The van der Waals surface area contributed by atoms with Gasteiger partial charge in [-0.05, 0) is 18.6 Å². The molecule has 0 fully saturated rings. The van der Waals surface area contributed by atoms with Crippen molar-refractivity contribution in [3.05, 3.63) is 24.0 Å². The zero-order chi connectivity index (χ0) is 8.81. The molecule has 1 aromatic rings. The fraction of sp³-hybridized carbons (Fsp3) is 0.333. The highest BCUT2D eigenvalue weighted by Crippen LogP contribution is 2.07. The molecule has 0 spiro atoms. The fourth-order valence-corrected chi connectivity index (χ4v) is 0.767. The number of rotatable bonds is 4. The molecule has 1 rings (SSSR count). The number of pyridine rings is 1. The van der Waals surface area contributed by atoms with Crippen molar-refractivity contribution in [3.63, 3.8) is 0 Å². The second kappa shape index (κ2) is 4.49. The largest absolute Gasteiger partial charge is 0.492 e. The van der Waals surface area contributed by atoms with E-state index in [1.165, 1.54) is 0 Å². The van der Waals surface area contributed by atoms with Gasteiger partial charge in [-0.25, -0.2) is 4.98 Å². The summed E-state index contributed by atoms with van der Waals surface area (Å²) in [6.45, 7) is 2.72. The number of hydrogen-bond donors (Lipinski definition) is 0. The molecule has 0 N–H and O–H groups in total. The molecule has 0 aliphatic rings. The molecule has 0 bridgehead atoms. The van der Waals surface area contributed by atoms with Crippen LogP contribution in [0.5, 0.6) is 5.75 Å². The molecule has 12 heavy (non-hydrogen) atoms. The summed E-state index contributed by atoms with van der Waals surface area (Å²) >= 11 is 0. The SMILES string of the molecule is CCCOc1ccc(C=O)nc1. The highest BCUT2D eigenvalue weighted by molar-refractivity contribution is 5.71. The van der Waals surface area contributed by atoms with Crippen LogP contribution in [-0.4, -0.2) is 17.9 Å². The summed E-state index contributed by atoms with van der Waals surface area (Å²) < 4.78 is 5.28. The van der Waals surface area contributed by atoms with Gasteiger partial charge in [0.1, 0.15) is 11.4 Å². The van der Waals surface area contributed by atoms with Gasteiger partial charge < -0.3 is 4.74 Å². The van der Waals surface area contributed by atoms with E-state index in [9.17, 15) is 4.79 Å². The second-order valence-corrected chi connectivity index (χ2v) is 2.39. The van der Waals surface area contributed by atoms with E-state index in [1.807, 2.05) is 6.92 Å². The molecule has 0 amide bonds. The molecule has 3 heteroatoms. The Morgan fingerprint density at radius 1 is 1.58 bits per heavy atom. The van der Waals surface area contributed by atoms with Crippen molar-refractivity contribution in [2.45, 2.75) is 13.3 Å². The third-order valence-corrected chi connectivity index (χ3v) is 1.35. The summed E-state index contributed by atoms with van der Waals surface area (Å²) in [6, 6.07) is 3.38. The minimum absolute atomic E-state index is 0.429. The quantitative estimate of drug-likeness (QED) is 0.637. The zero-order valence-corrected chi connectivity index (χ0v) is 6.99. The number of carbonyl (C=O) groups is 1. The Morgan fingerprint density at radius 2 is 2.42 bits per heavy atom. The Hall–Kier alpha value is -1.38. The summed E-state index contributed by atoms with van der Waals surface area (Å²) in [6.07, 6.45) is 3.23. The highest BCUT2D eigenvalue weighted by atomic mass is 16.5. The molecular formula is C9H11NO2. The number of ether oxygens (including phenoxy) is 1. The van der Waals surface area contributed by atoms with Crippen LogP contribution in [0.3, 0.4) is 0 Å². The molecule has 0 atom stereocenters. The van der Waals surface area contributed by atoms with E-state index in [4.69, 9.17) is 4.74 Å². The minimum atomic E-state index is 0.429. The van der Waals surface area contributed by atoms with Crippen molar-refractivity contribution in [1.29, 1.82) is 0 Å². The van der Waals surface area contributed by atoms with Gasteiger partial charge in [0.2, 0.25) is 0 Å². The van der Waals surface area contributed by atoms with Crippen molar-refractivity contribution in [1.82, 2.24) is 4.98 Å². The maximum absolute atomic E-state index is 10.2. The monoisotopic (exact) mass is 165 g/mol. The summed E-state index contributed by atoms with van der Waals surface area (Å²) in [7, 11) is 0. The number of nitrogens with zero attached hydrogens (tertiary/aromatic N) is 1. The Labute approximate surface area is 71.4 Å². The summed E-state index contributed by atoms with van der Waals surface area (Å²) in [5, 5.41) is 0. The highest BCUT2D eigenvalue weighted by Gasteiger charge is 1.93. The first kappa shape index (κ1) is 8.71. The lowest BCUT2D eigenvalue weighted by atomic mass is 10.4. The van der Waals surface area contributed by atoms with Gasteiger partial charge >= 0.3 is 0 Å². The maximum atomic E-state index is 10.2. The van der Waals surface area contributed by atoms with Crippen molar-refractivity contribution < 1.29 is 9.53 Å². The molecule has 0 radical (unpaired) electrons. The third kappa shape index (κ3) is 2.34. The lowest BCUT2D eigenvalue weighted by molar-refractivity contribution is 0.111. The predicted molar refractivity (Wildman–Crippen MR) is 45.4 cm³/mol. The van der Waals surface area contributed by atoms with Gasteiger partial charge in [0.25, 0.3) is 0 Å². The minimum Gasteiger partial charge on any atom is -0.492 e. The summed E-state index contributed by atoms with van der Waals surface area (Å²) in [5.74, 6) is 0.711. The molecular weight excluding hydrogens is 154 g/mol. The van der Waals surface area contributed by atoms with Gasteiger partial charge in [0, 0.05) is 0 Å². The van der Waals surface area contributed by atoms with Crippen LogP contribution >= 0.6 is 0 Å². The van der Waals surface area contributed by atoms with Crippen LogP contribution in [-0.2, 0) is 0 Å². The smallest absolute Gasteiger partial charge is 0.168 e. The fourth-order valence-electron chi connectivity index (χ4n) is 0.767. The van der Waals surface area contributed by atoms with Gasteiger partial charge in [0.15, 0.2) is 6.29 Å². The Kier molecular flexibility index (Phi) is 3.26. The number of hydrogen-bond acceptors (Lipinski definition) is 3. The zero-order valence-electron chi connectivity index (χ0n) is 6.99. The molecule has 64 valence electrons. The number of aromatic nitrogens is 1. The van der Waals surface area contributed by atoms with Gasteiger partial charge in [-0.2, -0.15) is 0 Å². The number of carbonyl (C=O) groups excluding carboxylic acids is 1. The average molecular weight is 165 g/mol. The first-order valence-corrected chi connectivity index (χ1v) is 3.91. The van der Waals surface area contributed by atoms with Crippen LogP contribution in [0.15, 0.2) is 18.3 Å². The van der Waals surface area contributed by atoms with Crippen molar-refractivity contribution >= 4 is 6.29 Å². The van der Waals surface area contributed by atoms with Crippen LogP contribution in [0.4, 0.5) is 0 Å². The Morgan fingerprint density at radius 3 is 2.92 bits per heavy atom. The maximum Gasteiger partial charge on any atom is 0.168 e. The predicted octanol–water partition coefficient (Wildman–Crippen LogP) is 1.68. The van der Waals surface area contributed by atoms with Gasteiger partial charge in [-0.1, -0.05) is 6.92 Å². The normalized spacial score (nSPS) is 9.42. The van der Waals surface area contributed by atoms with Crippen molar-refractivity contribution in [2.24, 2.45) is 0 Å². The van der Waals surface area contributed by atoms with E-state index >= 15 is 0 Å². The molecule has 0 saturated heterocycles. The first-order chi connectivity index (χ1) is 5.86. The van der Waals surface area contributed by atoms with Crippen LogP contribution < -0.4 is 4.74 Å². The molecule has 0 aliphatic heterocycles. The lowest BCUT2D eigenvalue weighted by Crippen LogP contribution is -1.96. The molecule has 1 aromatic heterocycles. The van der Waals surface area contributed by atoms with E-state index in [2.05, 4.69) is 4.98 Å². The van der Waals surface area contributed by atoms with Crippen molar-refractivity contribution in [2.75, 3.05) is 6.61 Å². The van der Waals surface area contributed by atoms with Crippen molar-refractivity contribution in [3.8, 4) is 5.75 Å².